The second kappa shape index (κ2) is 5.91. The SMILES string of the molecule is CNCC(O)C(O)c1ccc(F)cc1CO. The Kier molecular flexibility index (Phi) is 4.82. The molecule has 0 aliphatic heterocycles. The van der Waals surface area contributed by atoms with Crippen molar-refractivity contribution < 1.29 is 19.7 Å². The van der Waals surface area contributed by atoms with E-state index in [2.05, 4.69) is 5.32 Å². The molecule has 90 valence electrons. The molecule has 2 atom stereocenters. The van der Waals surface area contributed by atoms with Crippen LogP contribution in [0.2, 0.25) is 0 Å². The maximum absolute atomic E-state index is 12.9. The molecular formula is C11H16FNO3. The molecule has 0 heterocycles. The molecule has 1 aromatic carbocycles. The van der Waals surface area contributed by atoms with Crippen molar-refractivity contribution in [3.05, 3.63) is 35.1 Å². The lowest BCUT2D eigenvalue weighted by atomic mass is 9.99. The van der Waals surface area contributed by atoms with Gasteiger partial charge in [-0.1, -0.05) is 6.07 Å². The molecule has 5 heteroatoms. The molecule has 0 bridgehead atoms. The normalized spacial score (nSPS) is 14.8. The molecule has 16 heavy (non-hydrogen) atoms. The van der Waals surface area contributed by atoms with E-state index in [4.69, 9.17) is 5.11 Å². The molecular weight excluding hydrogens is 213 g/mol. The molecule has 0 aromatic heterocycles. The average molecular weight is 229 g/mol. The van der Waals surface area contributed by atoms with Crippen molar-refractivity contribution in [2.24, 2.45) is 0 Å². The zero-order chi connectivity index (χ0) is 12.1. The number of halogens is 1. The molecule has 0 saturated carbocycles. The highest BCUT2D eigenvalue weighted by atomic mass is 19.1. The minimum absolute atomic E-state index is 0.212. The van der Waals surface area contributed by atoms with Crippen LogP contribution in [0.4, 0.5) is 4.39 Å². The van der Waals surface area contributed by atoms with Gasteiger partial charge in [0, 0.05) is 6.54 Å². The number of rotatable bonds is 5. The lowest BCUT2D eigenvalue weighted by Gasteiger charge is -2.20. The third-order valence-electron chi connectivity index (χ3n) is 2.37. The van der Waals surface area contributed by atoms with E-state index in [1.165, 1.54) is 12.1 Å². The first-order chi connectivity index (χ1) is 7.60. The van der Waals surface area contributed by atoms with Crippen molar-refractivity contribution in [3.8, 4) is 0 Å². The first-order valence-electron chi connectivity index (χ1n) is 5.00. The second-order valence-electron chi connectivity index (χ2n) is 3.57. The van der Waals surface area contributed by atoms with E-state index in [0.29, 0.717) is 5.56 Å². The predicted octanol–water partition coefficient (Wildman–Crippen LogP) is -0.0683. The van der Waals surface area contributed by atoms with Gasteiger partial charge in [0.25, 0.3) is 0 Å². The van der Waals surface area contributed by atoms with Crippen LogP contribution in [0.5, 0.6) is 0 Å². The Labute approximate surface area is 93.4 Å². The van der Waals surface area contributed by atoms with E-state index >= 15 is 0 Å². The highest BCUT2D eigenvalue weighted by Crippen LogP contribution is 2.22. The van der Waals surface area contributed by atoms with E-state index in [1.54, 1.807) is 7.05 Å². The lowest BCUT2D eigenvalue weighted by molar-refractivity contribution is 0.0190. The zero-order valence-corrected chi connectivity index (χ0v) is 9.02. The van der Waals surface area contributed by atoms with Crippen LogP contribution in [0.3, 0.4) is 0 Å². The fraction of sp³-hybridized carbons (Fsp3) is 0.455. The van der Waals surface area contributed by atoms with Gasteiger partial charge in [0.15, 0.2) is 0 Å². The summed E-state index contributed by atoms with van der Waals surface area (Å²) in [5, 5.41) is 31.1. The Hall–Kier alpha value is -1.01. The van der Waals surface area contributed by atoms with E-state index < -0.39 is 18.0 Å². The van der Waals surface area contributed by atoms with Gasteiger partial charge in [0.2, 0.25) is 0 Å². The summed E-state index contributed by atoms with van der Waals surface area (Å²) in [6, 6.07) is 3.69. The first kappa shape index (κ1) is 13.1. The zero-order valence-electron chi connectivity index (χ0n) is 9.02. The summed E-state index contributed by atoms with van der Waals surface area (Å²) < 4.78 is 12.9. The van der Waals surface area contributed by atoms with Gasteiger partial charge in [-0.25, -0.2) is 4.39 Å². The Morgan fingerprint density at radius 2 is 2.06 bits per heavy atom. The first-order valence-corrected chi connectivity index (χ1v) is 5.00. The van der Waals surface area contributed by atoms with Crippen LogP contribution < -0.4 is 5.32 Å². The Balaban J connectivity index is 2.93. The highest BCUT2D eigenvalue weighted by molar-refractivity contribution is 5.30. The fourth-order valence-electron chi connectivity index (χ4n) is 1.53. The minimum atomic E-state index is -1.14. The second-order valence-corrected chi connectivity index (χ2v) is 3.57. The molecule has 4 nitrogen and oxygen atoms in total. The van der Waals surface area contributed by atoms with E-state index in [-0.39, 0.29) is 18.7 Å². The number of likely N-dealkylation sites (N-methyl/N-ethyl adjacent to an activating group) is 1. The number of aliphatic hydroxyl groups is 3. The molecule has 2 unspecified atom stereocenters. The third kappa shape index (κ3) is 2.99. The van der Waals surface area contributed by atoms with Crippen LogP contribution in [0.15, 0.2) is 18.2 Å². The van der Waals surface area contributed by atoms with E-state index in [0.717, 1.165) is 6.07 Å². The van der Waals surface area contributed by atoms with Crippen molar-refractivity contribution in [3.63, 3.8) is 0 Å². The lowest BCUT2D eigenvalue weighted by Crippen LogP contribution is -2.30. The molecule has 0 saturated heterocycles. The molecule has 0 fully saturated rings. The minimum Gasteiger partial charge on any atom is -0.392 e. The maximum Gasteiger partial charge on any atom is 0.123 e. The number of aliphatic hydroxyl groups excluding tert-OH is 3. The highest BCUT2D eigenvalue weighted by Gasteiger charge is 2.20. The average Bonchev–Trinajstić information content (AvgIpc) is 2.28. The van der Waals surface area contributed by atoms with Crippen molar-refractivity contribution in [1.82, 2.24) is 5.32 Å². The molecule has 0 amide bonds. The van der Waals surface area contributed by atoms with Gasteiger partial charge in [-0.2, -0.15) is 0 Å². The van der Waals surface area contributed by atoms with Crippen molar-refractivity contribution in [2.45, 2.75) is 18.8 Å². The van der Waals surface area contributed by atoms with Crippen LogP contribution in [-0.4, -0.2) is 35.0 Å². The number of hydrogen-bond donors (Lipinski definition) is 4. The van der Waals surface area contributed by atoms with Gasteiger partial charge >= 0.3 is 0 Å². The molecule has 1 rings (SSSR count). The quantitative estimate of drug-likeness (QED) is 0.570. The van der Waals surface area contributed by atoms with Crippen molar-refractivity contribution in [2.75, 3.05) is 13.6 Å². The largest absolute Gasteiger partial charge is 0.392 e. The van der Waals surface area contributed by atoms with Gasteiger partial charge in [0.1, 0.15) is 11.9 Å². The Bertz CT molecular complexity index is 346. The standard InChI is InChI=1S/C11H16FNO3/c1-13-5-10(15)11(16)9-3-2-8(12)4-7(9)6-14/h2-4,10-11,13-16H,5-6H2,1H3. The Morgan fingerprint density at radius 3 is 2.62 bits per heavy atom. The van der Waals surface area contributed by atoms with Gasteiger partial charge < -0.3 is 20.6 Å². The van der Waals surface area contributed by atoms with Crippen molar-refractivity contribution in [1.29, 1.82) is 0 Å². The number of hydrogen-bond acceptors (Lipinski definition) is 4. The summed E-state index contributed by atoms with van der Waals surface area (Å²) in [6.45, 7) is -0.167. The van der Waals surface area contributed by atoms with E-state index in [1.807, 2.05) is 0 Å². The summed E-state index contributed by atoms with van der Waals surface area (Å²) in [6.07, 6.45) is -2.14. The molecule has 1 aromatic rings. The summed E-state index contributed by atoms with van der Waals surface area (Å²) in [7, 11) is 1.65. The van der Waals surface area contributed by atoms with Gasteiger partial charge in [-0.15, -0.1) is 0 Å². The van der Waals surface area contributed by atoms with Crippen LogP contribution >= 0.6 is 0 Å². The molecule has 0 radical (unpaired) electrons. The number of benzene rings is 1. The third-order valence-corrected chi connectivity index (χ3v) is 2.37. The maximum atomic E-state index is 12.9. The number of nitrogens with one attached hydrogen (secondary N) is 1. The molecule has 4 N–H and O–H groups in total. The van der Waals surface area contributed by atoms with Crippen LogP contribution in [-0.2, 0) is 6.61 Å². The smallest absolute Gasteiger partial charge is 0.123 e. The van der Waals surface area contributed by atoms with Crippen LogP contribution in [0.25, 0.3) is 0 Å². The molecule has 0 aliphatic carbocycles. The monoisotopic (exact) mass is 229 g/mol. The van der Waals surface area contributed by atoms with Gasteiger partial charge in [-0.3, -0.25) is 0 Å². The summed E-state index contributed by atoms with van der Waals surface area (Å²) >= 11 is 0. The molecule has 0 spiro atoms. The summed E-state index contributed by atoms with van der Waals surface area (Å²) in [5.74, 6) is -0.483. The summed E-state index contributed by atoms with van der Waals surface area (Å²) in [4.78, 5) is 0. The topological polar surface area (TPSA) is 72.7 Å². The van der Waals surface area contributed by atoms with Crippen LogP contribution in [0, 0.1) is 5.82 Å². The van der Waals surface area contributed by atoms with Gasteiger partial charge in [-0.05, 0) is 30.3 Å². The van der Waals surface area contributed by atoms with Crippen molar-refractivity contribution >= 4 is 0 Å². The fourth-order valence-corrected chi connectivity index (χ4v) is 1.53. The summed E-state index contributed by atoms with van der Waals surface area (Å²) in [5.41, 5.74) is 0.620. The van der Waals surface area contributed by atoms with Crippen LogP contribution in [0.1, 0.15) is 17.2 Å². The molecule has 0 aliphatic rings. The van der Waals surface area contributed by atoms with E-state index in [9.17, 15) is 14.6 Å². The van der Waals surface area contributed by atoms with Gasteiger partial charge in [0.05, 0.1) is 12.7 Å². The predicted molar refractivity (Wildman–Crippen MR) is 57.2 cm³/mol. The Morgan fingerprint density at radius 1 is 1.38 bits per heavy atom.